The van der Waals surface area contributed by atoms with Crippen molar-refractivity contribution in [1.29, 1.82) is 0 Å². The van der Waals surface area contributed by atoms with E-state index in [1.54, 1.807) is 24.3 Å². The van der Waals surface area contributed by atoms with Gasteiger partial charge >= 0.3 is 0 Å². The van der Waals surface area contributed by atoms with Gasteiger partial charge in [-0.2, -0.15) is 0 Å². The Bertz CT molecular complexity index is 679. The number of carbonyl (C=O) groups excluding carboxylic acids is 1. The van der Waals surface area contributed by atoms with E-state index < -0.39 is 0 Å². The summed E-state index contributed by atoms with van der Waals surface area (Å²) in [5.41, 5.74) is 2.17. The zero-order valence-electron chi connectivity index (χ0n) is 11.2. The molecule has 0 heterocycles. The van der Waals surface area contributed by atoms with Crippen molar-refractivity contribution in [2.75, 3.05) is 10.6 Å². The predicted molar refractivity (Wildman–Crippen MR) is 87.2 cm³/mol. The van der Waals surface area contributed by atoms with Gasteiger partial charge < -0.3 is 10.6 Å². The standard InChI is InChI=1S/C15H13BrClFN2O/c1-9(21)20-15-5-3-11(7-13(15)17)19-8-10-2-4-12(16)14(18)6-10/h2-7,19H,8H2,1H3,(H,20,21). The summed E-state index contributed by atoms with van der Waals surface area (Å²) in [7, 11) is 0. The molecule has 0 saturated heterocycles. The summed E-state index contributed by atoms with van der Waals surface area (Å²) in [4.78, 5) is 11.0. The molecule has 21 heavy (non-hydrogen) atoms. The summed E-state index contributed by atoms with van der Waals surface area (Å²) in [5.74, 6) is -0.476. The molecule has 6 heteroatoms. The zero-order chi connectivity index (χ0) is 15.4. The van der Waals surface area contributed by atoms with Crippen LogP contribution in [0.3, 0.4) is 0 Å². The lowest BCUT2D eigenvalue weighted by Gasteiger charge is -2.10. The molecule has 0 aliphatic carbocycles. The van der Waals surface area contributed by atoms with Gasteiger partial charge in [-0.3, -0.25) is 4.79 Å². The maximum absolute atomic E-state index is 13.4. The van der Waals surface area contributed by atoms with Gasteiger partial charge in [-0.1, -0.05) is 17.7 Å². The third-order valence-corrected chi connectivity index (χ3v) is 3.72. The number of amides is 1. The van der Waals surface area contributed by atoms with Gasteiger partial charge in [0, 0.05) is 19.2 Å². The van der Waals surface area contributed by atoms with Gasteiger partial charge in [0.25, 0.3) is 0 Å². The Hall–Kier alpha value is -1.59. The Morgan fingerprint density at radius 2 is 2.05 bits per heavy atom. The molecule has 0 aromatic heterocycles. The first-order chi connectivity index (χ1) is 9.95. The maximum atomic E-state index is 13.4. The highest BCUT2D eigenvalue weighted by Gasteiger charge is 2.04. The molecule has 0 spiro atoms. The molecule has 0 aliphatic rings. The topological polar surface area (TPSA) is 41.1 Å². The molecule has 2 aromatic carbocycles. The predicted octanol–water partition coefficient (Wildman–Crippen LogP) is 4.81. The molecule has 0 fully saturated rings. The van der Waals surface area contributed by atoms with E-state index >= 15 is 0 Å². The summed E-state index contributed by atoms with van der Waals surface area (Å²) in [6.45, 7) is 1.89. The molecule has 0 atom stereocenters. The lowest BCUT2D eigenvalue weighted by molar-refractivity contribution is -0.114. The van der Waals surface area contributed by atoms with Crippen molar-refractivity contribution < 1.29 is 9.18 Å². The Morgan fingerprint density at radius 1 is 1.29 bits per heavy atom. The molecule has 2 aromatic rings. The third kappa shape index (κ3) is 4.44. The van der Waals surface area contributed by atoms with E-state index in [4.69, 9.17) is 11.6 Å². The van der Waals surface area contributed by atoms with E-state index in [1.807, 2.05) is 6.07 Å². The van der Waals surface area contributed by atoms with Crippen LogP contribution in [0, 0.1) is 5.82 Å². The normalized spacial score (nSPS) is 10.3. The number of nitrogens with one attached hydrogen (secondary N) is 2. The Kier molecular flexibility index (Phi) is 5.20. The minimum atomic E-state index is -0.298. The fourth-order valence-corrected chi connectivity index (χ4v) is 2.24. The van der Waals surface area contributed by atoms with E-state index in [0.29, 0.717) is 21.7 Å². The van der Waals surface area contributed by atoms with Crippen LogP contribution in [0.1, 0.15) is 12.5 Å². The van der Waals surface area contributed by atoms with E-state index in [-0.39, 0.29) is 11.7 Å². The molecule has 2 N–H and O–H groups in total. The van der Waals surface area contributed by atoms with E-state index in [9.17, 15) is 9.18 Å². The van der Waals surface area contributed by atoms with Crippen LogP contribution in [-0.4, -0.2) is 5.91 Å². The fraction of sp³-hybridized carbons (Fsp3) is 0.133. The number of hydrogen-bond donors (Lipinski definition) is 2. The quantitative estimate of drug-likeness (QED) is 0.809. The molecule has 2 rings (SSSR count). The lowest BCUT2D eigenvalue weighted by atomic mass is 10.2. The van der Waals surface area contributed by atoms with Crippen LogP contribution in [0.15, 0.2) is 40.9 Å². The van der Waals surface area contributed by atoms with Crippen molar-refractivity contribution in [3.63, 3.8) is 0 Å². The van der Waals surface area contributed by atoms with Crippen LogP contribution < -0.4 is 10.6 Å². The summed E-state index contributed by atoms with van der Waals surface area (Å²) in [6.07, 6.45) is 0. The highest BCUT2D eigenvalue weighted by atomic mass is 79.9. The fourth-order valence-electron chi connectivity index (χ4n) is 1.77. The highest BCUT2D eigenvalue weighted by molar-refractivity contribution is 9.10. The molecule has 3 nitrogen and oxygen atoms in total. The Morgan fingerprint density at radius 3 is 2.67 bits per heavy atom. The second kappa shape index (κ2) is 6.91. The highest BCUT2D eigenvalue weighted by Crippen LogP contribution is 2.26. The molecule has 0 radical (unpaired) electrons. The molecule has 1 amide bonds. The SMILES string of the molecule is CC(=O)Nc1ccc(NCc2ccc(Br)c(F)c2)cc1Cl. The number of hydrogen-bond acceptors (Lipinski definition) is 2. The van der Waals surface area contributed by atoms with Crippen molar-refractivity contribution in [3.05, 3.63) is 57.3 Å². The smallest absolute Gasteiger partial charge is 0.221 e. The summed E-state index contributed by atoms with van der Waals surface area (Å²) < 4.78 is 13.8. The van der Waals surface area contributed by atoms with Crippen molar-refractivity contribution in [3.8, 4) is 0 Å². The van der Waals surface area contributed by atoms with Crippen molar-refractivity contribution in [2.45, 2.75) is 13.5 Å². The summed E-state index contributed by atoms with van der Waals surface area (Å²) >= 11 is 9.20. The zero-order valence-corrected chi connectivity index (χ0v) is 13.6. The average molecular weight is 372 g/mol. The van der Waals surface area contributed by atoms with Crippen LogP contribution in [0.25, 0.3) is 0 Å². The number of benzene rings is 2. The molecule has 110 valence electrons. The van der Waals surface area contributed by atoms with Gasteiger partial charge in [-0.15, -0.1) is 0 Å². The Labute approximate surface area is 135 Å². The number of halogens is 3. The van der Waals surface area contributed by atoms with Crippen molar-refractivity contribution in [2.24, 2.45) is 0 Å². The molecule has 0 bridgehead atoms. The minimum Gasteiger partial charge on any atom is -0.381 e. The van der Waals surface area contributed by atoms with E-state index in [1.165, 1.54) is 13.0 Å². The number of anilines is 2. The molecule has 0 saturated carbocycles. The number of rotatable bonds is 4. The average Bonchev–Trinajstić information content (AvgIpc) is 2.42. The first-order valence-electron chi connectivity index (χ1n) is 6.20. The van der Waals surface area contributed by atoms with E-state index in [2.05, 4.69) is 26.6 Å². The third-order valence-electron chi connectivity index (χ3n) is 2.76. The van der Waals surface area contributed by atoms with Gasteiger partial charge in [0.1, 0.15) is 5.82 Å². The first-order valence-corrected chi connectivity index (χ1v) is 7.38. The van der Waals surface area contributed by atoms with Gasteiger partial charge in [0.2, 0.25) is 5.91 Å². The molecular weight excluding hydrogens is 359 g/mol. The summed E-state index contributed by atoms with van der Waals surface area (Å²) in [6, 6.07) is 10.2. The number of carbonyl (C=O) groups is 1. The molecular formula is C15H13BrClFN2O. The van der Waals surface area contributed by atoms with Gasteiger partial charge in [0.15, 0.2) is 0 Å². The van der Waals surface area contributed by atoms with Crippen LogP contribution >= 0.6 is 27.5 Å². The van der Waals surface area contributed by atoms with Crippen molar-refractivity contribution in [1.82, 2.24) is 0 Å². The van der Waals surface area contributed by atoms with Crippen molar-refractivity contribution >= 4 is 44.8 Å². The second-order valence-corrected chi connectivity index (χ2v) is 5.74. The largest absolute Gasteiger partial charge is 0.381 e. The minimum absolute atomic E-state index is 0.178. The van der Waals surface area contributed by atoms with Crippen LogP contribution in [0.2, 0.25) is 5.02 Å². The van der Waals surface area contributed by atoms with Crippen LogP contribution in [0.5, 0.6) is 0 Å². The van der Waals surface area contributed by atoms with Gasteiger partial charge in [0.05, 0.1) is 15.2 Å². The summed E-state index contributed by atoms with van der Waals surface area (Å²) in [5, 5.41) is 6.23. The van der Waals surface area contributed by atoms with Crippen LogP contribution in [-0.2, 0) is 11.3 Å². The lowest BCUT2D eigenvalue weighted by Crippen LogP contribution is -2.06. The van der Waals surface area contributed by atoms with Crippen LogP contribution in [0.4, 0.5) is 15.8 Å². The van der Waals surface area contributed by atoms with E-state index in [0.717, 1.165) is 11.3 Å². The van der Waals surface area contributed by atoms with Gasteiger partial charge in [-0.05, 0) is 51.8 Å². The van der Waals surface area contributed by atoms with Gasteiger partial charge in [-0.25, -0.2) is 4.39 Å². The monoisotopic (exact) mass is 370 g/mol. The molecule has 0 unspecified atom stereocenters. The Balaban J connectivity index is 2.04. The first kappa shape index (κ1) is 15.8. The maximum Gasteiger partial charge on any atom is 0.221 e. The molecule has 0 aliphatic heterocycles. The second-order valence-electron chi connectivity index (χ2n) is 4.48.